The van der Waals surface area contributed by atoms with Gasteiger partial charge in [0.2, 0.25) is 5.91 Å². The van der Waals surface area contributed by atoms with Crippen molar-refractivity contribution in [3.05, 3.63) is 89.0 Å². The number of rotatable bonds is 6. The lowest BCUT2D eigenvalue weighted by molar-refractivity contribution is -0.121. The zero-order valence-corrected chi connectivity index (χ0v) is 24.3. The van der Waals surface area contributed by atoms with Gasteiger partial charge in [-0.25, -0.2) is 23.1 Å². The first-order valence-electron chi connectivity index (χ1n) is 14.1. The second kappa shape index (κ2) is 10.1. The Morgan fingerprint density at radius 1 is 1.10 bits per heavy atom. The molecule has 6 rings (SSSR count). The Kier molecular flexibility index (Phi) is 6.76. The molecule has 0 N–H and O–H groups in total. The fourth-order valence-electron chi connectivity index (χ4n) is 6.29. The van der Waals surface area contributed by atoms with Crippen LogP contribution in [0, 0.1) is 18.7 Å². The number of hydrogen-bond donors (Lipinski definition) is 0. The van der Waals surface area contributed by atoms with E-state index in [0.29, 0.717) is 28.2 Å². The van der Waals surface area contributed by atoms with Gasteiger partial charge < -0.3 is 14.5 Å². The number of benzene rings is 3. The first-order valence-corrected chi connectivity index (χ1v) is 14.1. The van der Waals surface area contributed by atoms with Gasteiger partial charge >= 0.3 is 0 Å². The maximum atomic E-state index is 16.2. The Morgan fingerprint density at radius 3 is 2.52 bits per heavy atom. The minimum atomic E-state index is -3.38. The summed E-state index contributed by atoms with van der Waals surface area (Å²) < 4.78 is 52.5. The third kappa shape index (κ3) is 4.33. The van der Waals surface area contributed by atoms with E-state index in [2.05, 4.69) is 4.98 Å². The zero-order valence-electron chi connectivity index (χ0n) is 24.3. The summed E-state index contributed by atoms with van der Waals surface area (Å²) in [6.07, 6.45) is 0.174. The molecule has 42 heavy (non-hydrogen) atoms. The Hall–Kier alpha value is -3.98. The number of hydrogen-bond acceptors (Lipinski definition) is 5. The maximum absolute atomic E-state index is 16.2. The summed E-state index contributed by atoms with van der Waals surface area (Å²) in [5.74, 6) is -4.44. The topological polar surface area (TPSA) is 58.6 Å². The smallest absolute Gasteiger partial charge is 0.281 e. The SMILES string of the molecule is Cc1nc(N(c2ccccc2)C(C)c2cccc(C(F)(F)C3CCOC3)c2F)c2cc3c(cc2n1)N(C)C(=O)C3(C)C. The molecule has 2 unspecified atom stereocenters. The average molecular weight is 575 g/mol. The van der Waals surface area contributed by atoms with Crippen LogP contribution in [0.3, 0.4) is 0 Å². The van der Waals surface area contributed by atoms with Gasteiger partial charge in [0.15, 0.2) is 0 Å². The van der Waals surface area contributed by atoms with Gasteiger partial charge in [0.05, 0.1) is 35.1 Å². The molecule has 3 heterocycles. The Bertz CT molecular complexity index is 1690. The lowest BCUT2D eigenvalue weighted by Crippen LogP contribution is -2.33. The number of halogens is 3. The van der Waals surface area contributed by atoms with Crippen LogP contribution >= 0.6 is 0 Å². The molecule has 0 saturated carbocycles. The number of ether oxygens (including phenoxy) is 1. The minimum Gasteiger partial charge on any atom is -0.381 e. The molecule has 1 fully saturated rings. The highest BCUT2D eigenvalue weighted by Gasteiger charge is 2.46. The molecule has 1 saturated heterocycles. The fraction of sp³-hybridized carbons (Fsp3) is 0.364. The van der Waals surface area contributed by atoms with Crippen LogP contribution in [-0.4, -0.2) is 36.1 Å². The largest absolute Gasteiger partial charge is 0.381 e. The molecule has 9 heteroatoms. The van der Waals surface area contributed by atoms with Crippen LogP contribution in [0.1, 0.15) is 55.7 Å². The molecule has 0 aliphatic carbocycles. The fourth-order valence-corrected chi connectivity index (χ4v) is 6.29. The number of carbonyl (C=O) groups is 1. The van der Waals surface area contributed by atoms with Crippen molar-refractivity contribution in [3.63, 3.8) is 0 Å². The molecule has 0 radical (unpaired) electrons. The summed E-state index contributed by atoms with van der Waals surface area (Å²) in [7, 11) is 1.75. The summed E-state index contributed by atoms with van der Waals surface area (Å²) >= 11 is 0. The second-order valence-corrected chi connectivity index (χ2v) is 11.7. The van der Waals surface area contributed by atoms with Gasteiger partial charge in [0.25, 0.3) is 5.92 Å². The van der Waals surface area contributed by atoms with Crippen molar-refractivity contribution < 1.29 is 22.7 Å². The quantitative estimate of drug-likeness (QED) is 0.241. The predicted octanol–water partition coefficient (Wildman–Crippen LogP) is 7.36. The van der Waals surface area contributed by atoms with Gasteiger partial charge in [-0.05, 0) is 63.9 Å². The van der Waals surface area contributed by atoms with Crippen molar-refractivity contribution in [3.8, 4) is 0 Å². The first kappa shape index (κ1) is 28.2. The van der Waals surface area contributed by atoms with Crippen LogP contribution in [0.5, 0.6) is 0 Å². The second-order valence-electron chi connectivity index (χ2n) is 11.7. The van der Waals surface area contributed by atoms with Crippen LogP contribution in [-0.2, 0) is 20.9 Å². The van der Waals surface area contributed by atoms with Crippen LogP contribution in [0.25, 0.3) is 10.9 Å². The van der Waals surface area contributed by atoms with Crippen molar-refractivity contribution in [1.29, 1.82) is 0 Å². The highest BCUT2D eigenvalue weighted by molar-refractivity contribution is 6.10. The molecule has 2 aliphatic rings. The lowest BCUT2D eigenvalue weighted by Gasteiger charge is -2.33. The standard InChI is InChI=1S/C33H33F3N4O2/c1-19(23-12-9-13-25(29(23)34)33(35,36)21-14-15-42-18-21)40(22-10-7-6-8-11-22)30-24-16-26-28(17-27(24)37-20(2)38-30)39(5)31(41)32(26,3)4/h6-13,16-17,19,21H,14-15,18H2,1-5H3. The molecule has 4 aromatic rings. The van der Waals surface area contributed by atoms with E-state index < -0.39 is 34.7 Å². The number of anilines is 3. The van der Waals surface area contributed by atoms with Crippen molar-refractivity contribution >= 4 is 34.0 Å². The average Bonchev–Trinajstić information content (AvgIpc) is 3.57. The van der Waals surface area contributed by atoms with Crippen LogP contribution < -0.4 is 9.80 Å². The first-order chi connectivity index (χ1) is 19.9. The molecule has 0 bridgehead atoms. The summed E-state index contributed by atoms with van der Waals surface area (Å²) in [5, 5.41) is 0.677. The van der Waals surface area contributed by atoms with E-state index in [1.165, 1.54) is 12.1 Å². The summed E-state index contributed by atoms with van der Waals surface area (Å²) in [6.45, 7) is 7.45. The van der Waals surface area contributed by atoms with Crippen LogP contribution in [0.2, 0.25) is 0 Å². The zero-order chi connectivity index (χ0) is 30.0. The number of aryl methyl sites for hydroxylation is 1. The number of alkyl halides is 2. The Morgan fingerprint density at radius 2 is 1.83 bits per heavy atom. The normalized spacial score (nSPS) is 18.9. The number of amides is 1. The van der Waals surface area contributed by atoms with E-state index in [1.54, 1.807) is 31.9 Å². The van der Waals surface area contributed by atoms with E-state index in [1.807, 2.05) is 61.2 Å². The highest BCUT2D eigenvalue weighted by Crippen LogP contribution is 2.47. The van der Waals surface area contributed by atoms with E-state index in [4.69, 9.17) is 9.72 Å². The Labute approximate surface area is 243 Å². The molecule has 0 spiro atoms. The van der Waals surface area contributed by atoms with E-state index in [0.717, 1.165) is 11.3 Å². The molecule has 3 aromatic carbocycles. The van der Waals surface area contributed by atoms with Crippen molar-refractivity contribution in [2.45, 2.75) is 51.5 Å². The van der Waals surface area contributed by atoms with E-state index in [9.17, 15) is 4.79 Å². The van der Waals surface area contributed by atoms with Crippen LogP contribution in [0.15, 0.2) is 60.7 Å². The Balaban J connectivity index is 1.55. The van der Waals surface area contributed by atoms with Crippen LogP contribution in [0.4, 0.5) is 30.4 Å². The molecule has 2 aliphatic heterocycles. The third-order valence-corrected chi connectivity index (χ3v) is 8.71. The summed E-state index contributed by atoms with van der Waals surface area (Å²) in [4.78, 5) is 26.1. The summed E-state index contributed by atoms with van der Waals surface area (Å²) in [5.41, 5.74) is 1.68. The maximum Gasteiger partial charge on any atom is 0.281 e. The van der Waals surface area contributed by atoms with Gasteiger partial charge in [0, 0.05) is 36.0 Å². The molecular formula is C33H33F3N4O2. The molecule has 6 nitrogen and oxygen atoms in total. The number of carbonyl (C=O) groups excluding carboxylic acids is 1. The third-order valence-electron chi connectivity index (χ3n) is 8.71. The minimum absolute atomic E-state index is 0.0280. The highest BCUT2D eigenvalue weighted by atomic mass is 19.3. The molecular weight excluding hydrogens is 541 g/mol. The van der Waals surface area contributed by atoms with Crippen molar-refractivity contribution in [1.82, 2.24) is 9.97 Å². The number of likely N-dealkylation sites (N-methyl/N-ethyl adjacent to an activating group) is 1. The molecule has 2 atom stereocenters. The molecule has 1 amide bonds. The van der Waals surface area contributed by atoms with Gasteiger partial charge in [-0.15, -0.1) is 0 Å². The van der Waals surface area contributed by atoms with Gasteiger partial charge in [-0.2, -0.15) is 0 Å². The number of aromatic nitrogens is 2. The lowest BCUT2D eigenvalue weighted by atomic mass is 9.85. The van der Waals surface area contributed by atoms with Gasteiger partial charge in [-0.1, -0.05) is 36.4 Å². The van der Waals surface area contributed by atoms with Gasteiger partial charge in [0.1, 0.15) is 17.5 Å². The molecule has 1 aromatic heterocycles. The van der Waals surface area contributed by atoms with Crippen molar-refractivity contribution in [2.24, 2.45) is 5.92 Å². The van der Waals surface area contributed by atoms with E-state index >= 15 is 13.2 Å². The number of fused-ring (bicyclic) bond motifs is 2. The predicted molar refractivity (Wildman–Crippen MR) is 157 cm³/mol. The number of nitrogens with zero attached hydrogens (tertiary/aromatic N) is 4. The summed E-state index contributed by atoms with van der Waals surface area (Å²) in [6, 6.07) is 16.6. The number of para-hydroxylation sites is 1. The van der Waals surface area contributed by atoms with Gasteiger partial charge in [-0.3, -0.25) is 4.79 Å². The van der Waals surface area contributed by atoms with Crippen molar-refractivity contribution in [2.75, 3.05) is 30.1 Å². The monoisotopic (exact) mass is 574 g/mol. The molecule has 218 valence electrons. The van der Waals surface area contributed by atoms with E-state index in [-0.39, 0.29) is 31.1 Å².